The van der Waals surface area contributed by atoms with Crippen molar-refractivity contribution in [1.82, 2.24) is 10.6 Å². The molecule has 0 aliphatic heterocycles. The predicted molar refractivity (Wildman–Crippen MR) is 164 cm³/mol. The molecule has 0 aromatic heterocycles. The van der Waals surface area contributed by atoms with Crippen molar-refractivity contribution < 1.29 is 14.3 Å². The fourth-order valence-corrected chi connectivity index (χ4v) is 6.42. The summed E-state index contributed by atoms with van der Waals surface area (Å²) in [6.07, 6.45) is 12.5. The smallest absolute Gasteiger partial charge is 0.328 e. The fraction of sp³-hybridized carbons (Fsp3) is 0.576. The number of ether oxygens (including phenoxy) is 1. The monoisotopic (exact) mass is 552 g/mol. The summed E-state index contributed by atoms with van der Waals surface area (Å²) in [5.41, 5.74) is 4.84. The van der Waals surface area contributed by atoms with E-state index in [1.165, 1.54) is 57.6 Å². The molecule has 3 atom stereocenters. The molecule has 0 radical (unpaired) electrons. The van der Waals surface area contributed by atoms with Crippen LogP contribution in [0.2, 0.25) is 0 Å². The third kappa shape index (κ3) is 8.59. The number of nitrogens with one attached hydrogen (secondary N) is 2. The second-order valence-electron chi connectivity index (χ2n) is 10.9. The number of carbonyl (C=O) groups excluding carboxylic acids is 2. The van der Waals surface area contributed by atoms with Gasteiger partial charge in [0.2, 0.25) is 0 Å². The minimum atomic E-state index is -0.672. The van der Waals surface area contributed by atoms with Crippen molar-refractivity contribution in [1.29, 1.82) is 0 Å². The van der Waals surface area contributed by atoms with Gasteiger partial charge in [-0.2, -0.15) is 11.8 Å². The molecule has 2 aromatic rings. The van der Waals surface area contributed by atoms with Gasteiger partial charge in [-0.25, -0.2) is 4.79 Å². The molecule has 2 aromatic carbocycles. The molecule has 5 nitrogen and oxygen atoms in total. The molecule has 1 aliphatic carbocycles. The highest BCUT2D eigenvalue weighted by atomic mass is 32.2. The molecule has 0 bridgehead atoms. The molecule has 0 heterocycles. The predicted octanol–water partition coefficient (Wildman–Crippen LogP) is 7.48. The molecular weight excluding hydrogens is 504 g/mol. The molecule has 1 saturated carbocycles. The van der Waals surface area contributed by atoms with E-state index in [9.17, 15) is 9.59 Å². The average Bonchev–Trinajstić information content (AvgIpc) is 2.97. The van der Waals surface area contributed by atoms with Gasteiger partial charge in [-0.15, -0.1) is 0 Å². The Labute approximate surface area is 240 Å². The van der Waals surface area contributed by atoms with Gasteiger partial charge < -0.3 is 15.4 Å². The van der Waals surface area contributed by atoms with Gasteiger partial charge in [-0.1, -0.05) is 69.9 Å². The molecule has 39 heavy (non-hydrogen) atoms. The number of benzene rings is 2. The number of carbonyl (C=O) groups is 2. The minimum Gasteiger partial charge on any atom is -0.467 e. The summed E-state index contributed by atoms with van der Waals surface area (Å²) in [6, 6.07) is 14.5. The molecule has 214 valence electrons. The summed E-state index contributed by atoms with van der Waals surface area (Å²) in [7, 11) is 1.37. The van der Waals surface area contributed by atoms with Crippen LogP contribution in [0.25, 0.3) is 11.1 Å². The number of rotatable bonds is 14. The molecule has 0 saturated heterocycles. The van der Waals surface area contributed by atoms with Gasteiger partial charge in [-0.05, 0) is 91.3 Å². The summed E-state index contributed by atoms with van der Waals surface area (Å²) in [5, 5.41) is 7.01. The zero-order valence-corrected chi connectivity index (χ0v) is 25.4. The Morgan fingerprint density at radius 1 is 1.03 bits per heavy atom. The number of thioether (sulfide) groups is 1. The van der Waals surface area contributed by atoms with E-state index in [1.807, 2.05) is 24.5 Å². The van der Waals surface area contributed by atoms with E-state index in [0.29, 0.717) is 18.0 Å². The van der Waals surface area contributed by atoms with Gasteiger partial charge in [0.05, 0.1) is 7.11 Å². The van der Waals surface area contributed by atoms with Crippen LogP contribution in [-0.4, -0.2) is 43.1 Å². The average molecular weight is 553 g/mol. The first kappa shape index (κ1) is 31.2. The van der Waals surface area contributed by atoms with Crippen molar-refractivity contribution >= 4 is 23.6 Å². The number of esters is 1. The van der Waals surface area contributed by atoms with Gasteiger partial charge in [0.1, 0.15) is 6.04 Å². The maximum Gasteiger partial charge on any atom is 0.328 e. The minimum absolute atomic E-state index is 0.216. The second-order valence-corrected chi connectivity index (χ2v) is 11.9. The summed E-state index contributed by atoms with van der Waals surface area (Å²) in [5.74, 6) is 0.841. The van der Waals surface area contributed by atoms with Gasteiger partial charge in [0.25, 0.3) is 5.91 Å². The summed E-state index contributed by atoms with van der Waals surface area (Å²) in [6.45, 7) is 6.60. The van der Waals surface area contributed by atoms with Crippen molar-refractivity contribution in [3.05, 3.63) is 59.2 Å². The van der Waals surface area contributed by atoms with E-state index in [-0.39, 0.29) is 11.9 Å². The number of hydrogen-bond donors (Lipinski definition) is 2. The van der Waals surface area contributed by atoms with Crippen molar-refractivity contribution in [2.24, 2.45) is 5.92 Å². The molecule has 3 rings (SSSR count). The lowest BCUT2D eigenvalue weighted by molar-refractivity contribution is -0.142. The van der Waals surface area contributed by atoms with Crippen LogP contribution in [0.3, 0.4) is 0 Å². The normalized spacial score (nSPS) is 16.3. The molecular formula is C33H48N2O3S. The highest BCUT2D eigenvalue weighted by Crippen LogP contribution is 2.33. The first-order valence-corrected chi connectivity index (χ1v) is 16.2. The van der Waals surface area contributed by atoms with E-state index >= 15 is 0 Å². The highest BCUT2D eigenvalue weighted by molar-refractivity contribution is 7.98. The van der Waals surface area contributed by atoms with Crippen molar-refractivity contribution in [2.75, 3.05) is 19.1 Å². The van der Waals surface area contributed by atoms with Crippen LogP contribution in [0.5, 0.6) is 0 Å². The Balaban J connectivity index is 1.96. The number of amides is 1. The van der Waals surface area contributed by atoms with Gasteiger partial charge >= 0.3 is 5.97 Å². The molecule has 1 fully saturated rings. The number of methoxy groups -OCH3 is 1. The molecule has 2 N–H and O–H groups in total. The quantitative estimate of drug-likeness (QED) is 0.238. The molecule has 1 aliphatic rings. The van der Waals surface area contributed by atoms with Crippen LogP contribution in [0.15, 0.2) is 42.5 Å². The molecule has 1 amide bonds. The van der Waals surface area contributed by atoms with Crippen LogP contribution >= 0.6 is 11.8 Å². The van der Waals surface area contributed by atoms with Crippen LogP contribution in [0.1, 0.15) is 99.2 Å². The van der Waals surface area contributed by atoms with Crippen molar-refractivity contribution in [2.45, 2.75) is 96.7 Å². The van der Waals surface area contributed by atoms with Crippen LogP contribution < -0.4 is 10.6 Å². The largest absolute Gasteiger partial charge is 0.467 e. The number of hydrogen-bond acceptors (Lipinski definition) is 5. The van der Waals surface area contributed by atoms with Crippen molar-refractivity contribution in [3.63, 3.8) is 0 Å². The van der Waals surface area contributed by atoms with E-state index in [2.05, 4.69) is 55.7 Å². The van der Waals surface area contributed by atoms with E-state index < -0.39 is 12.0 Å². The maximum atomic E-state index is 13.6. The lowest BCUT2D eigenvalue weighted by Gasteiger charge is -2.34. The van der Waals surface area contributed by atoms with Crippen LogP contribution in [0, 0.1) is 12.8 Å². The molecule has 3 unspecified atom stereocenters. The SMILES string of the molecule is CCCC(NC(CC)c1ccc(C(=O)NC(CCSC)C(=O)OC)c(-c2ccccc2C)c1)C1CCCCC1. The Hall–Kier alpha value is -2.31. The maximum absolute atomic E-state index is 13.6. The molecule has 0 spiro atoms. The fourth-order valence-electron chi connectivity index (χ4n) is 5.95. The molecule has 6 heteroatoms. The van der Waals surface area contributed by atoms with Crippen LogP contribution in [0.4, 0.5) is 0 Å². The summed E-state index contributed by atoms with van der Waals surface area (Å²) in [4.78, 5) is 26.0. The lowest BCUT2D eigenvalue weighted by Crippen LogP contribution is -2.42. The highest BCUT2D eigenvalue weighted by Gasteiger charge is 2.27. The number of aryl methyl sites for hydroxylation is 1. The third-order valence-electron chi connectivity index (χ3n) is 8.17. The van der Waals surface area contributed by atoms with E-state index in [0.717, 1.165) is 34.8 Å². The van der Waals surface area contributed by atoms with Gasteiger partial charge in [-0.3, -0.25) is 4.79 Å². The topological polar surface area (TPSA) is 67.4 Å². The van der Waals surface area contributed by atoms with Crippen molar-refractivity contribution in [3.8, 4) is 11.1 Å². The standard InChI is InChI=1S/C33H48N2O3S/c1-6-13-30(24-15-9-8-10-16-24)34-29(7-2)25-18-19-27(28(22-25)26-17-12-11-14-23(26)3)32(36)35-31(20-21-39-5)33(37)38-4/h11-12,14,17-19,22,24,29-31,34H,6-10,13,15-16,20-21H2,1-5H3,(H,35,36). The zero-order valence-electron chi connectivity index (χ0n) is 24.6. The Morgan fingerprint density at radius 3 is 2.41 bits per heavy atom. The Kier molecular flexibility index (Phi) is 12.9. The zero-order chi connectivity index (χ0) is 28.2. The Bertz CT molecular complexity index is 1070. The third-order valence-corrected chi connectivity index (χ3v) is 8.81. The van der Waals surface area contributed by atoms with Gasteiger partial charge in [0.15, 0.2) is 0 Å². The van der Waals surface area contributed by atoms with E-state index in [1.54, 1.807) is 11.8 Å². The van der Waals surface area contributed by atoms with E-state index in [4.69, 9.17) is 4.74 Å². The Morgan fingerprint density at radius 2 is 1.77 bits per heavy atom. The van der Waals surface area contributed by atoms with Gasteiger partial charge in [0, 0.05) is 17.6 Å². The summed E-state index contributed by atoms with van der Waals surface area (Å²) >= 11 is 1.64. The first-order chi connectivity index (χ1) is 18.9. The second kappa shape index (κ2) is 16.1. The first-order valence-electron chi connectivity index (χ1n) is 14.8. The van der Waals surface area contributed by atoms with Crippen LogP contribution in [-0.2, 0) is 9.53 Å². The lowest BCUT2D eigenvalue weighted by atomic mass is 9.81. The summed E-state index contributed by atoms with van der Waals surface area (Å²) < 4.78 is 4.98.